The molecule has 0 bridgehead atoms. The van der Waals surface area contributed by atoms with Crippen molar-refractivity contribution in [3.8, 4) is 5.75 Å². The summed E-state index contributed by atoms with van der Waals surface area (Å²) in [7, 11) is -5.64. The Morgan fingerprint density at radius 3 is 2.52 bits per heavy atom. The van der Waals surface area contributed by atoms with Gasteiger partial charge in [0.25, 0.3) is 0 Å². The Labute approximate surface area is 171 Å². The molecule has 1 spiro atoms. The fraction of sp³-hybridized carbons (Fsp3) is 0.714. The Bertz CT molecular complexity index is 838. The van der Waals surface area contributed by atoms with E-state index in [9.17, 15) is 21.6 Å². The third-order valence-corrected chi connectivity index (χ3v) is 7.76. The molecule has 0 aromatic heterocycles. The highest BCUT2D eigenvalue weighted by Crippen LogP contribution is 2.64. The van der Waals surface area contributed by atoms with Crippen LogP contribution in [0.1, 0.15) is 76.3 Å². The molecule has 1 saturated heterocycles. The summed E-state index contributed by atoms with van der Waals surface area (Å²) in [5.74, 6) is 0.513. The predicted octanol–water partition coefficient (Wildman–Crippen LogP) is 5.24. The van der Waals surface area contributed by atoms with Crippen LogP contribution in [0.15, 0.2) is 18.2 Å². The van der Waals surface area contributed by atoms with E-state index in [-0.39, 0.29) is 11.2 Å². The number of hydrogen-bond acceptors (Lipinski definition) is 4. The van der Waals surface area contributed by atoms with E-state index in [2.05, 4.69) is 30.3 Å². The average molecular weight is 434 g/mol. The molecule has 4 unspecified atom stereocenters. The third-order valence-electron chi connectivity index (χ3n) is 6.78. The van der Waals surface area contributed by atoms with Crippen LogP contribution < -0.4 is 9.50 Å². The molecule has 4 rings (SSSR count). The van der Waals surface area contributed by atoms with E-state index in [4.69, 9.17) is 0 Å². The first kappa shape index (κ1) is 22.4. The van der Waals surface area contributed by atoms with Gasteiger partial charge in [0.05, 0.1) is 0 Å². The Morgan fingerprint density at radius 2 is 1.90 bits per heavy atom. The first-order valence-corrected chi connectivity index (χ1v) is 11.9. The molecule has 1 aromatic carbocycles. The van der Waals surface area contributed by atoms with Crippen molar-refractivity contribution in [2.45, 2.75) is 82.2 Å². The lowest BCUT2D eigenvalue weighted by molar-refractivity contribution is -0.0500. The van der Waals surface area contributed by atoms with Crippen molar-refractivity contribution in [3.05, 3.63) is 29.3 Å². The zero-order valence-electron chi connectivity index (χ0n) is 17.2. The number of halogens is 3. The Kier molecular flexibility index (Phi) is 6.26. The molecule has 2 aliphatic carbocycles. The lowest BCUT2D eigenvalue weighted by atomic mass is 9.44. The highest BCUT2D eigenvalue weighted by atomic mass is 32.2. The van der Waals surface area contributed by atoms with Crippen LogP contribution in [0, 0.1) is 5.92 Å². The first-order valence-electron chi connectivity index (χ1n) is 10.5. The van der Waals surface area contributed by atoms with E-state index in [1.165, 1.54) is 25.0 Å². The van der Waals surface area contributed by atoms with Gasteiger partial charge in [0, 0.05) is 23.9 Å². The van der Waals surface area contributed by atoms with E-state index in [1.54, 1.807) is 6.07 Å². The van der Waals surface area contributed by atoms with Crippen LogP contribution in [0.4, 0.5) is 13.2 Å². The van der Waals surface area contributed by atoms with Crippen LogP contribution in [0.25, 0.3) is 0 Å². The molecule has 1 aromatic rings. The van der Waals surface area contributed by atoms with Gasteiger partial charge in [-0.3, -0.25) is 0 Å². The molecule has 164 valence electrons. The summed E-state index contributed by atoms with van der Waals surface area (Å²) in [6.07, 6.45) is 6.96. The van der Waals surface area contributed by atoms with E-state index in [0.29, 0.717) is 17.9 Å². The number of nitrogens with one attached hydrogen (secondary N) is 1. The van der Waals surface area contributed by atoms with Crippen molar-refractivity contribution in [3.63, 3.8) is 0 Å². The van der Waals surface area contributed by atoms with Gasteiger partial charge in [-0.1, -0.05) is 45.6 Å². The van der Waals surface area contributed by atoms with E-state index >= 15 is 0 Å². The number of unbranched alkanes of at least 4 members (excludes halogenated alkanes) is 1. The van der Waals surface area contributed by atoms with E-state index < -0.39 is 15.6 Å². The minimum atomic E-state index is -5.64. The number of rotatable bonds is 3. The van der Waals surface area contributed by atoms with Gasteiger partial charge in [0.1, 0.15) is 5.75 Å². The van der Waals surface area contributed by atoms with Gasteiger partial charge >= 0.3 is 15.6 Å². The lowest BCUT2D eigenvalue weighted by Crippen LogP contribution is -2.63. The van der Waals surface area contributed by atoms with Gasteiger partial charge in [-0.2, -0.15) is 21.6 Å². The van der Waals surface area contributed by atoms with Gasteiger partial charge in [-0.05, 0) is 48.9 Å². The smallest absolute Gasteiger partial charge is 0.376 e. The Morgan fingerprint density at radius 1 is 1.21 bits per heavy atom. The maximum Gasteiger partial charge on any atom is 0.534 e. The minimum absolute atomic E-state index is 0.0559. The number of fused-ring (bicyclic) bond motifs is 2. The normalized spacial score (nSPS) is 30.6. The van der Waals surface area contributed by atoms with Crippen LogP contribution >= 0.6 is 0 Å². The molecular formula is C21H30F3NO3S. The maximum absolute atomic E-state index is 12.6. The largest absolute Gasteiger partial charge is 0.534 e. The van der Waals surface area contributed by atoms with E-state index in [1.807, 2.05) is 0 Å². The first-order chi connectivity index (χ1) is 13.6. The van der Waals surface area contributed by atoms with E-state index in [0.717, 1.165) is 43.4 Å². The average Bonchev–Trinajstić information content (AvgIpc) is 2.67. The summed E-state index contributed by atoms with van der Waals surface area (Å²) in [6.45, 7) is 7.37. The summed E-state index contributed by atoms with van der Waals surface area (Å²) in [4.78, 5) is 0. The molecule has 3 aliphatic rings. The van der Waals surface area contributed by atoms with Gasteiger partial charge in [0.15, 0.2) is 0 Å². The van der Waals surface area contributed by atoms with Crippen molar-refractivity contribution in [2.24, 2.45) is 5.92 Å². The summed E-state index contributed by atoms with van der Waals surface area (Å²) in [5.41, 5.74) is -3.40. The lowest BCUT2D eigenvalue weighted by Gasteiger charge is -2.62. The molecule has 29 heavy (non-hydrogen) atoms. The second-order valence-electron chi connectivity index (χ2n) is 8.37. The monoisotopic (exact) mass is 433 g/mol. The van der Waals surface area contributed by atoms with Crippen LogP contribution in [0.2, 0.25) is 0 Å². The highest BCUT2D eigenvalue weighted by molar-refractivity contribution is 7.88. The molecule has 1 heterocycles. The predicted molar refractivity (Wildman–Crippen MR) is 106 cm³/mol. The number of piperidine rings is 1. The SMILES string of the molecule is CC1NCC2c3ccc(OS(=O)(=O)C(F)(F)F)cc3C23CCCCC13.CCCC. The topological polar surface area (TPSA) is 55.4 Å². The quantitative estimate of drug-likeness (QED) is 0.523. The van der Waals surface area contributed by atoms with Gasteiger partial charge < -0.3 is 9.50 Å². The third kappa shape index (κ3) is 3.78. The van der Waals surface area contributed by atoms with Crippen LogP contribution in [-0.4, -0.2) is 26.5 Å². The fourth-order valence-electron chi connectivity index (χ4n) is 5.28. The second kappa shape index (κ2) is 8.10. The second-order valence-corrected chi connectivity index (χ2v) is 9.91. The van der Waals surface area contributed by atoms with Crippen molar-refractivity contribution in [1.82, 2.24) is 5.32 Å². The summed E-state index contributed by atoms with van der Waals surface area (Å²) in [6, 6.07) is 4.90. The molecule has 4 nitrogen and oxygen atoms in total. The number of hydrogen-bond donors (Lipinski definition) is 1. The molecule has 0 amide bonds. The summed E-state index contributed by atoms with van der Waals surface area (Å²) in [5, 5.41) is 3.55. The van der Waals surface area contributed by atoms with Gasteiger partial charge in [-0.25, -0.2) is 0 Å². The molecule has 8 heteroatoms. The highest BCUT2D eigenvalue weighted by Gasteiger charge is 2.60. The van der Waals surface area contributed by atoms with Crippen LogP contribution in [0.3, 0.4) is 0 Å². The van der Waals surface area contributed by atoms with Crippen molar-refractivity contribution >= 4 is 10.1 Å². The summed E-state index contributed by atoms with van der Waals surface area (Å²) < 4.78 is 64.7. The maximum atomic E-state index is 12.6. The molecule has 2 fully saturated rings. The van der Waals surface area contributed by atoms with Crippen molar-refractivity contribution in [2.75, 3.05) is 6.54 Å². The van der Waals surface area contributed by atoms with Crippen molar-refractivity contribution in [1.29, 1.82) is 0 Å². The molecule has 1 saturated carbocycles. The van der Waals surface area contributed by atoms with Crippen LogP contribution in [0.5, 0.6) is 5.75 Å². The molecule has 1 N–H and O–H groups in total. The minimum Gasteiger partial charge on any atom is -0.376 e. The fourth-order valence-corrected chi connectivity index (χ4v) is 5.73. The zero-order chi connectivity index (χ0) is 21.4. The standard InChI is InChI=1S/C17H20F3NO3S.C4H10/c1-10-13-4-2-3-7-16(13)14-8-11(24-25(22,23)17(18,19)20)5-6-12(14)15(16)9-21-10;1-3-4-2/h5-6,8,10,13,15,21H,2-4,7,9H2,1H3;3-4H2,1-2H3. The van der Waals surface area contributed by atoms with Crippen molar-refractivity contribution < 1.29 is 25.8 Å². The molecule has 0 radical (unpaired) electrons. The molecular weight excluding hydrogens is 403 g/mol. The molecule has 1 aliphatic heterocycles. The summed E-state index contributed by atoms with van der Waals surface area (Å²) >= 11 is 0. The molecule has 4 atom stereocenters. The zero-order valence-corrected chi connectivity index (χ0v) is 18.0. The number of alkyl halides is 3. The number of benzene rings is 1. The Hall–Kier alpha value is -1.28. The van der Waals surface area contributed by atoms with Gasteiger partial charge in [0.2, 0.25) is 0 Å². The van der Waals surface area contributed by atoms with Crippen LogP contribution in [-0.2, 0) is 15.5 Å². The Balaban J connectivity index is 0.000000552. The van der Waals surface area contributed by atoms with Gasteiger partial charge in [-0.15, -0.1) is 0 Å².